The van der Waals surface area contributed by atoms with Crippen LogP contribution in [-0.2, 0) is 0 Å². The molecule has 3 rings (SSSR count). The van der Waals surface area contributed by atoms with E-state index < -0.39 is 0 Å². The first kappa shape index (κ1) is 15.4. The molecule has 0 saturated carbocycles. The minimum absolute atomic E-state index is 0.676. The van der Waals surface area contributed by atoms with E-state index in [9.17, 15) is 0 Å². The summed E-state index contributed by atoms with van der Waals surface area (Å²) in [7, 11) is 4.07. The standard InChI is InChI=1S/C15H14N4S3/c1-16-15-18-13(9-21-15)12-8-20-14(17-12)10-4-6-11(7-5-10)22-19(2)3/h4-9H,1H2,2-3H3. The Balaban J connectivity index is 1.82. The summed E-state index contributed by atoms with van der Waals surface area (Å²) < 4.78 is 2.07. The predicted octanol–water partition coefficient (Wildman–Crippen LogP) is 4.83. The molecular weight excluding hydrogens is 332 g/mol. The lowest BCUT2D eigenvalue weighted by atomic mass is 10.2. The van der Waals surface area contributed by atoms with Gasteiger partial charge in [-0.2, -0.15) is 0 Å². The Labute approximate surface area is 141 Å². The molecule has 0 amide bonds. The van der Waals surface area contributed by atoms with E-state index in [0.29, 0.717) is 5.13 Å². The van der Waals surface area contributed by atoms with Crippen molar-refractivity contribution in [2.45, 2.75) is 4.90 Å². The number of rotatable bonds is 5. The molecule has 0 N–H and O–H groups in total. The van der Waals surface area contributed by atoms with Crippen molar-refractivity contribution < 1.29 is 0 Å². The second-order valence-electron chi connectivity index (χ2n) is 4.64. The van der Waals surface area contributed by atoms with Gasteiger partial charge in [-0.25, -0.2) is 15.0 Å². The molecule has 0 fully saturated rings. The summed E-state index contributed by atoms with van der Waals surface area (Å²) in [5, 5.41) is 5.66. The van der Waals surface area contributed by atoms with Crippen LogP contribution in [0.5, 0.6) is 0 Å². The topological polar surface area (TPSA) is 41.4 Å². The van der Waals surface area contributed by atoms with Crippen LogP contribution >= 0.6 is 34.6 Å². The Morgan fingerprint density at radius 1 is 1.05 bits per heavy atom. The molecule has 4 nitrogen and oxygen atoms in total. The summed E-state index contributed by atoms with van der Waals surface area (Å²) >= 11 is 4.80. The van der Waals surface area contributed by atoms with Crippen LogP contribution in [0.4, 0.5) is 5.13 Å². The van der Waals surface area contributed by atoms with Crippen LogP contribution in [0.15, 0.2) is 44.9 Å². The van der Waals surface area contributed by atoms with Crippen LogP contribution in [0.2, 0.25) is 0 Å². The Kier molecular flexibility index (Phi) is 4.68. The fraction of sp³-hybridized carbons (Fsp3) is 0.133. The van der Waals surface area contributed by atoms with E-state index in [1.165, 1.54) is 16.2 Å². The molecule has 112 valence electrons. The largest absolute Gasteiger partial charge is 0.253 e. The fourth-order valence-corrected chi connectivity index (χ4v) is 3.96. The Morgan fingerprint density at radius 2 is 1.73 bits per heavy atom. The Morgan fingerprint density at radius 3 is 2.36 bits per heavy atom. The van der Waals surface area contributed by atoms with Gasteiger partial charge >= 0.3 is 0 Å². The highest BCUT2D eigenvalue weighted by Gasteiger charge is 2.10. The summed E-state index contributed by atoms with van der Waals surface area (Å²) in [6, 6.07) is 8.44. The molecule has 0 saturated heterocycles. The van der Waals surface area contributed by atoms with Gasteiger partial charge in [0.2, 0.25) is 5.13 Å². The molecule has 7 heteroatoms. The minimum Gasteiger partial charge on any atom is -0.253 e. The normalized spacial score (nSPS) is 11.0. The van der Waals surface area contributed by atoms with Crippen molar-refractivity contribution in [2.75, 3.05) is 14.1 Å². The van der Waals surface area contributed by atoms with E-state index in [-0.39, 0.29) is 0 Å². The van der Waals surface area contributed by atoms with Gasteiger partial charge in [-0.05, 0) is 44.9 Å². The number of aromatic nitrogens is 2. The number of benzene rings is 1. The van der Waals surface area contributed by atoms with Gasteiger partial charge in [-0.3, -0.25) is 4.31 Å². The molecule has 0 aliphatic carbocycles. The molecule has 0 unspecified atom stereocenters. The van der Waals surface area contributed by atoms with Crippen molar-refractivity contribution >= 4 is 46.5 Å². The third kappa shape index (κ3) is 3.44. The third-order valence-corrected chi connectivity index (χ3v) is 5.29. The molecule has 0 spiro atoms. The summed E-state index contributed by atoms with van der Waals surface area (Å²) in [6.07, 6.45) is 0. The molecule has 3 aromatic rings. The van der Waals surface area contributed by atoms with Gasteiger partial charge in [0.25, 0.3) is 0 Å². The number of thiazole rings is 2. The monoisotopic (exact) mass is 346 g/mol. The van der Waals surface area contributed by atoms with E-state index in [1.54, 1.807) is 23.3 Å². The maximum atomic E-state index is 4.67. The zero-order valence-electron chi connectivity index (χ0n) is 12.2. The number of hydrogen-bond donors (Lipinski definition) is 0. The molecule has 0 aliphatic rings. The second-order valence-corrected chi connectivity index (χ2v) is 7.72. The molecule has 2 aromatic heterocycles. The zero-order chi connectivity index (χ0) is 15.5. The summed E-state index contributed by atoms with van der Waals surface area (Å²) in [4.78, 5) is 14.1. The number of aliphatic imine (C=N–C) groups is 1. The highest BCUT2D eigenvalue weighted by atomic mass is 32.2. The van der Waals surface area contributed by atoms with Crippen molar-refractivity contribution in [3.05, 3.63) is 35.0 Å². The van der Waals surface area contributed by atoms with Gasteiger partial charge in [0.15, 0.2) is 0 Å². The van der Waals surface area contributed by atoms with Gasteiger partial charge in [0.05, 0.1) is 0 Å². The minimum atomic E-state index is 0.676. The van der Waals surface area contributed by atoms with Crippen LogP contribution in [0, 0.1) is 0 Å². The van der Waals surface area contributed by atoms with Crippen molar-refractivity contribution in [1.82, 2.24) is 14.3 Å². The van der Waals surface area contributed by atoms with E-state index in [4.69, 9.17) is 0 Å². The molecule has 0 radical (unpaired) electrons. The maximum Gasteiger partial charge on any atom is 0.209 e. The van der Waals surface area contributed by atoms with Crippen LogP contribution in [0.3, 0.4) is 0 Å². The van der Waals surface area contributed by atoms with Gasteiger partial charge < -0.3 is 0 Å². The number of nitrogens with zero attached hydrogens (tertiary/aromatic N) is 4. The van der Waals surface area contributed by atoms with Crippen LogP contribution in [0.25, 0.3) is 22.0 Å². The molecule has 0 bridgehead atoms. The molecule has 2 heterocycles. The third-order valence-electron chi connectivity index (χ3n) is 2.78. The average molecular weight is 347 g/mol. The lowest BCUT2D eigenvalue weighted by molar-refractivity contribution is 0.702. The van der Waals surface area contributed by atoms with Gasteiger partial charge in [-0.15, -0.1) is 22.7 Å². The quantitative estimate of drug-likeness (QED) is 0.490. The molecule has 1 aromatic carbocycles. The maximum absolute atomic E-state index is 4.67. The average Bonchev–Trinajstić information content (AvgIpc) is 3.16. The van der Waals surface area contributed by atoms with Crippen LogP contribution < -0.4 is 0 Å². The van der Waals surface area contributed by atoms with Gasteiger partial charge in [0, 0.05) is 21.2 Å². The first-order valence-electron chi connectivity index (χ1n) is 6.49. The highest BCUT2D eigenvalue weighted by molar-refractivity contribution is 7.97. The van der Waals surface area contributed by atoms with Crippen molar-refractivity contribution in [2.24, 2.45) is 4.99 Å². The Bertz CT molecular complexity index is 774. The van der Waals surface area contributed by atoms with Crippen molar-refractivity contribution in [3.8, 4) is 22.0 Å². The van der Waals surface area contributed by atoms with Gasteiger partial charge in [-0.1, -0.05) is 12.1 Å². The van der Waals surface area contributed by atoms with E-state index in [0.717, 1.165) is 22.0 Å². The number of hydrogen-bond acceptors (Lipinski definition) is 7. The molecular formula is C15H14N4S3. The van der Waals surface area contributed by atoms with Crippen LogP contribution in [-0.4, -0.2) is 35.1 Å². The highest BCUT2D eigenvalue weighted by Crippen LogP contribution is 2.32. The molecule has 22 heavy (non-hydrogen) atoms. The first-order chi connectivity index (χ1) is 10.7. The van der Waals surface area contributed by atoms with Crippen LogP contribution in [0.1, 0.15) is 0 Å². The lowest BCUT2D eigenvalue weighted by Gasteiger charge is -2.08. The van der Waals surface area contributed by atoms with E-state index >= 15 is 0 Å². The van der Waals surface area contributed by atoms with E-state index in [1.807, 2.05) is 24.9 Å². The molecule has 0 aliphatic heterocycles. The molecule has 0 atom stereocenters. The van der Waals surface area contributed by atoms with Crippen molar-refractivity contribution in [3.63, 3.8) is 0 Å². The lowest BCUT2D eigenvalue weighted by Crippen LogP contribution is -1.98. The predicted molar refractivity (Wildman–Crippen MR) is 97.4 cm³/mol. The second kappa shape index (κ2) is 6.70. The van der Waals surface area contributed by atoms with E-state index in [2.05, 4.69) is 50.2 Å². The first-order valence-corrected chi connectivity index (χ1v) is 9.03. The Hall–Kier alpha value is -1.54. The zero-order valence-corrected chi connectivity index (χ0v) is 14.6. The SMILES string of the molecule is C=Nc1nc(-c2csc(-c3ccc(SN(C)C)cc3)n2)cs1. The fourth-order valence-electron chi connectivity index (χ4n) is 1.85. The summed E-state index contributed by atoms with van der Waals surface area (Å²) in [5.41, 5.74) is 2.87. The summed E-state index contributed by atoms with van der Waals surface area (Å²) in [5.74, 6) is 0. The summed E-state index contributed by atoms with van der Waals surface area (Å²) in [6.45, 7) is 3.49. The smallest absolute Gasteiger partial charge is 0.209 e. The van der Waals surface area contributed by atoms with Crippen molar-refractivity contribution in [1.29, 1.82) is 0 Å². The van der Waals surface area contributed by atoms with Gasteiger partial charge in [0.1, 0.15) is 16.4 Å².